The number of nitrogens with zero attached hydrogens (tertiary/aromatic N) is 1. The Labute approximate surface area is 129 Å². The van der Waals surface area contributed by atoms with E-state index in [0.29, 0.717) is 11.3 Å². The van der Waals surface area contributed by atoms with Crippen molar-refractivity contribution in [1.82, 2.24) is 10.3 Å². The Kier molecular flexibility index (Phi) is 6.17. The molecule has 0 amide bonds. The fourth-order valence-corrected chi connectivity index (χ4v) is 4.70. The van der Waals surface area contributed by atoms with Gasteiger partial charge in [0.25, 0.3) is 0 Å². The molecule has 3 unspecified atom stereocenters. The van der Waals surface area contributed by atoms with Gasteiger partial charge in [-0.3, -0.25) is 0 Å². The van der Waals surface area contributed by atoms with Gasteiger partial charge < -0.3 is 5.32 Å². The number of halogens is 1. The van der Waals surface area contributed by atoms with Gasteiger partial charge in [-0.25, -0.2) is 4.98 Å². The van der Waals surface area contributed by atoms with Crippen molar-refractivity contribution < 1.29 is 0 Å². The number of rotatable bonds is 5. The fraction of sp³-hybridized carbons (Fsp3) is 0.667. The van der Waals surface area contributed by atoms with Crippen molar-refractivity contribution in [3.63, 3.8) is 0 Å². The van der Waals surface area contributed by atoms with Crippen LogP contribution in [0.2, 0.25) is 0 Å². The summed E-state index contributed by atoms with van der Waals surface area (Å²) in [6.45, 7) is 5.57. The van der Waals surface area contributed by atoms with Crippen molar-refractivity contribution in [2.45, 2.75) is 55.8 Å². The lowest BCUT2D eigenvalue weighted by Gasteiger charge is -2.35. The van der Waals surface area contributed by atoms with Gasteiger partial charge in [0.05, 0.1) is 0 Å². The Morgan fingerprint density at radius 1 is 1.42 bits per heavy atom. The highest BCUT2D eigenvalue weighted by atomic mass is 79.9. The molecule has 1 heterocycles. The lowest BCUT2D eigenvalue weighted by atomic mass is 9.84. The predicted molar refractivity (Wildman–Crippen MR) is 86.7 cm³/mol. The van der Waals surface area contributed by atoms with E-state index in [1.807, 2.05) is 24.0 Å². The van der Waals surface area contributed by atoms with Crippen molar-refractivity contribution in [2.75, 3.05) is 6.54 Å². The third-order valence-corrected chi connectivity index (χ3v) is 6.21. The van der Waals surface area contributed by atoms with Gasteiger partial charge in [0.1, 0.15) is 5.03 Å². The van der Waals surface area contributed by atoms with E-state index in [-0.39, 0.29) is 0 Å². The van der Waals surface area contributed by atoms with Gasteiger partial charge in [0.15, 0.2) is 0 Å². The first-order valence-corrected chi connectivity index (χ1v) is 8.92. The summed E-state index contributed by atoms with van der Waals surface area (Å²) in [6.07, 6.45) is 7.17. The van der Waals surface area contributed by atoms with Gasteiger partial charge in [0, 0.05) is 22.0 Å². The second-order valence-electron chi connectivity index (χ2n) is 5.20. The van der Waals surface area contributed by atoms with Crippen LogP contribution in [0.1, 0.15) is 39.5 Å². The average molecular weight is 343 g/mol. The van der Waals surface area contributed by atoms with Crippen molar-refractivity contribution in [3.05, 3.63) is 22.8 Å². The summed E-state index contributed by atoms with van der Waals surface area (Å²) in [7, 11) is 0. The van der Waals surface area contributed by atoms with E-state index in [2.05, 4.69) is 46.1 Å². The monoisotopic (exact) mass is 342 g/mol. The smallest absolute Gasteiger partial charge is 0.110 e. The third kappa shape index (κ3) is 4.20. The van der Waals surface area contributed by atoms with Gasteiger partial charge in [-0.05, 0) is 59.8 Å². The van der Waals surface area contributed by atoms with Crippen LogP contribution in [0.5, 0.6) is 0 Å². The van der Waals surface area contributed by atoms with Crippen LogP contribution in [0.4, 0.5) is 0 Å². The molecule has 1 aromatic rings. The quantitative estimate of drug-likeness (QED) is 0.852. The van der Waals surface area contributed by atoms with Crippen LogP contribution >= 0.6 is 27.7 Å². The summed E-state index contributed by atoms with van der Waals surface area (Å²) in [4.78, 5) is 4.51. The molecule has 1 saturated carbocycles. The molecule has 0 spiro atoms. The van der Waals surface area contributed by atoms with Gasteiger partial charge in [-0.15, -0.1) is 11.8 Å². The van der Waals surface area contributed by atoms with Crippen LogP contribution in [0.3, 0.4) is 0 Å². The van der Waals surface area contributed by atoms with E-state index in [9.17, 15) is 0 Å². The number of pyridine rings is 1. The summed E-state index contributed by atoms with van der Waals surface area (Å²) < 4.78 is 1.12. The normalized spacial score (nSPS) is 27.4. The van der Waals surface area contributed by atoms with E-state index in [4.69, 9.17) is 0 Å². The van der Waals surface area contributed by atoms with E-state index in [1.54, 1.807) is 0 Å². The number of thioether (sulfide) groups is 1. The predicted octanol–water partition coefficient (Wildman–Crippen LogP) is 4.49. The Morgan fingerprint density at radius 3 is 2.95 bits per heavy atom. The molecule has 0 bridgehead atoms. The summed E-state index contributed by atoms with van der Waals surface area (Å²) in [5, 5.41) is 5.43. The summed E-state index contributed by atoms with van der Waals surface area (Å²) in [6, 6.07) is 4.69. The van der Waals surface area contributed by atoms with E-state index >= 15 is 0 Å². The first-order chi connectivity index (χ1) is 9.24. The summed E-state index contributed by atoms with van der Waals surface area (Å²) >= 11 is 5.55. The van der Waals surface area contributed by atoms with Crippen molar-refractivity contribution in [2.24, 2.45) is 5.92 Å². The molecule has 0 aliphatic heterocycles. The van der Waals surface area contributed by atoms with Gasteiger partial charge in [-0.2, -0.15) is 0 Å². The van der Waals surface area contributed by atoms with Crippen LogP contribution < -0.4 is 5.32 Å². The van der Waals surface area contributed by atoms with Crippen molar-refractivity contribution >= 4 is 27.7 Å². The lowest BCUT2D eigenvalue weighted by Crippen LogP contribution is -2.42. The minimum atomic E-state index is 0.631. The molecule has 19 heavy (non-hydrogen) atoms. The second-order valence-corrected chi connectivity index (χ2v) is 7.28. The lowest BCUT2D eigenvalue weighted by molar-refractivity contribution is 0.297. The van der Waals surface area contributed by atoms with Crippen LogP contribution in [0, 0.1) is 5.92 Å². The Hall–Kier alpha value is -0.0600. The number of hydrogen-bond acceptors (Lipinski definition) is 3. The van der Waals surface area contributed by atoms with Crippen molar-refractivity contribution in [1.29, 1.82) is 0 Å². The minimum Gasteiger partial charge on any atom is -0.313 e. The minimum absolute atomic E-state index is 0.631. The van der Waals surface area contributed by atoms with E-state index in [1.165, 1.54) is 25.7 Å². The molecule has 0 aromatic carbocycles. The largest absolute Gasteiger partial charge is 0.313 e. The second kappa shape index (κ2) is 7.65. The maximum absolute atomic E-state index is 4.51. The highest BCUT2D eigenvalue weighted by Gasteiger charge is 2.30. The summed E-state index contributed by atoms with van der Waals surface area (Å²) in [5.41, 5.74) is 0. The van der Waals surface area contributed by atoms with Crippen molar-refractivity contribution in [3.8, 4) is 0 Å². The highest BCUT2D eigenvalue weighted by molar-refractivity contribution is 9.10. The first-order valence-electron chi connectivity index (χ1n) is 7.25. The average Bonchev–Trinajstić information content (AvgIpc) is 2.43. The van der Waals surface area contributed by atoms with Gasteiger partial charge in [-0.1, -0.05) is 20.3 Å². The molecule has 1 fully saturated rings. The van der Waals surface area contributed by atoms with Gasteiger partial charge in [0.2, 0.25) is 0 Å². The zero-order chi connectivity index (χ0) is 13.7. The molecule has 1 aliphatic carbocycles. The molecule has 106 valence electrons. The van der Waals surface area contributed by atoms with Gasteiger partial charge >= 0.3 is 0 Å². The maximum atomic E-state index is 4.51. The molecular formula is C15H23BrN2S. The fourth-order valence-electron chi connectivity index (χ4n) is 2.81. The molecule has 0 saturated heterocycles. The Bertz CT molecular complexity index is 399. The Morgan fingerprint density at radius 2 is 2.26 bits per heavy atom. The summed E-state index contributed by atoms with van der Waals surface area (Å²) in [5.74, 6) is 0.884. The SMILES string of the molecule is CCNC1CCC(CC)CC1Sc1ncccc1Br. The topological polar surface area (TPSA) is 24.9 Å². The molecule has 2 nitrogen and oxygen atoms in total. The molecule has 2 rings (SSSR count). The molecule has 1 aromatic heterocycles. The Balaban J connectivity index is 2.07. The molecule has 1 N–H and O–H groups in total. The van der Waals surface area contributed by atoms with Crippen LogP contribution in [0.25, 0.3) is 0 Å². The zero-order valence-electron chi connectivity index (χ0n) is 11.7. The highest BCUT2D eigenvalue weighted by Crippen LogP contribution is 2.38. The van der Waals surface area contributed by atoms with Crippen LogP contribution in [-0.2, 0) is 0 Å². The standard InChI is InChI=1S/C15H23BrN2S/c1-3-11-7-8-13(17-4-2)14(10-11)19-15-12(16)6-5-9-18-15/h5-6,9,11,13-14,17H,3-4,7-8,10H2,1-2H3. The number of aromatic nitrogens is 1. The molecule has 4 heteroatoms. The zero-order valence-corrected chi connectivity index (χ0v) is 14.1. The third-order valence-electron chi connectivity index (χ3n) is 3.93. The number of nitrogens with one attached hydrogen (secondary N) is 1. The van der Waals surface area contributed by atoms with E-state index in [0.717, 1.165) is 22.0 Å². The molecular weight excluding hydrogens is 320 g/mol. The van der Waals surface area contributed by atoms with E-state index < -0.39 is 0 Å². The number of hydrogen-bond donors (Lipinski definition) is 1. The molecule has 1 aliphatic rings. The molecule has 0 radical (unpaired) electrons. The molecule has 3 atom stereocenters. The van der Waals surface area contributed by atoms with Crippen LogP contribution in [-0.4, -0.2) is 22.8 Å². The maximum Gasteiger partial charge on any atom is 0.110 e. The van der Waals surface area contributed by atoms with Crippen LogP contribution in [0.15, 0.2) is 27.8 Å². The first kappa shape index (κ1) is 15.3.